The molecule has 0 aliphatic carbocycles. The van der Waals surface area contributed by atoms with Gasteiger partial charge >= 0.3 is 0 Å². The van der Waals surface area contributed by atoms with Gasteiger partial charge in [-0.25, -0.2) is 0 Å². The number of para-hydroxylation sites is 1. The van der Waals surface area contributed by atoms with E-state index >= 15 is 0 Å². The van der Waals surface area contributed by atoms with Crippen LogP contribution in [0.25, 0.3) is 0 Å². The Bertz CT molecular complexity index is 896. The molecular weight excluding hydrogens is 354 g/mol. The molecule has 3 N–H and O–H groups in total. The van der Waals surface area contributed by atoms with Gasteiger partial charge in [-0.3, -0.25) is 4.79 Å². The van der Waals surface area contributed by atoms with Gasteiger partial charge in [-0.2, -0.15) is 0 Å². The highest BCUT2D eigenvalue weighted by atomic mass is 32.1. The van der Waals surface area contributed by atoms with Crippen molar-refractivity contribution in [2.24, 2.45) is 0 Å². The highest BCUT2D eigenvalue weighted by Crippen LogP contribution is 2.15. The molecular formula is C22H21N3OS. The largest absolute Gasteiger partial charge is 0.346 e. The average molecular weight is 375 g/mol. The van der Waals surface area contributed by atoms with Gasteiger partial charge in [0.2, 0.25) is 0 Å². The summed E-state index contributed by atoms with van der Waals surface area (Å²) in [7, 11) is 0. The Kier molecular flexibility index (Phi) is 6.18. The van der Waals surface area contributed by atoms with E-state index in [1.165, 1.54) is 0 Å². The van der Waals surface area contributed by atoms with E-state index in [1.807, 2.05) is 79.7 Å². The topological polar surface area (TPSA) is 53.2 Å². The van der Waals surface area contributed by atoms with Crippen molar-refractivity contribution in [1.82, 2.24) is 5.32 Å². The monoisotopic (exact) mass is 375 g/mol. The van der Waals surface area contributed by atoms with Crippen LogP contribution >= 0.6 is 12.2 Å². The maximum Gasteiger partial charge on any atom is 0.251 e. The first-order valence-corrected chi connectivity index (χ1v) is 9.11. The molecule has 5 heteroatoms. The fourth-order valence-electron chi connectivity index (χ4n) is 2.62. The molecule has 1 unspecified atom stereocenters. The molecule has 3 rings (SSSR count). The minimum atomic E-state index is -0.108. The van der Waals surface area contributed by atoms with Crippen molar-refractivity contribution >= 4 is 34.6 Å². The Balaban J connectivity index is 1.56. The molecule has 0 saturated carbocycles. The predicted molar refractivity (Wildman–Crippen MR) is 115 cm³/mol. The van der Waals surface area contributed by atoms with Gasteiger partial charge < -0.3 is 16.0 Å². The Hall–Kier alpha value is -3.18. The number of amides is 1. The van der Waals surface area contributed by atoms with Gasteiger partial charge in [-0.15, -0.1) is 0 Å². The van der Waals surface area contributed by atoms with Crippen molar-refractivity contribution in [2.45, 2.75) is 13.0 Å². The van der Waals surface area contributed by atoms with Crippen LogP contribution in [0.4, 0.5) is 11.4 Å². The summed E-state index contributed by atoms with van der Waals surface area (Å²) in [5.41, 5.74) is 3.41. The third kappa shape index (κ3) is 5.39. The molecule has 0 heterocycles. The van der Waals surface area contributed by atoms with Crippen LogP contribution in [0.15, 0.2) is 84.9 Å². The quantitative estimate of drug-likeness (QED) is 0.550. The summed E-state index contributed by atoms with van der Waals surface area (Å²) in [6.07, 6.45) is 0. The zero-order valence-electron chi connectivity index (χ0n) is 15.0. The number of hydrogen-bond donors (Lipinski definition) is 3. The number of benzene rings is 3. The van der Waals surface area contributed by atoms with Gasteiger partial charge in [0, 0.05) is 16.9 Å². The number of carbonyl (C=O) groups is 1. The molecule has 0 spiro atoms. The Morgan fingerprint density at radius 3 is 1.89 bits per heavy atom. The standard InChI is InChI=1S/C22H21N3OS/c1-16(17-8-4-2-5-9-17)23-21(26)18-12-14-20(15-13-18)25-22(27)24-19-10-6-3-7-11-19/h2-16H,1H3,(H,23,26)(H2,24,25,27). The molecule has 0 radical (unpaired) electrons. The van der Waals surface area contributed by atoms with Crippen molar-refractivity contribution in [2.75, 3.05) is 10.6 Å². The molecule has 0 saturated heterocycles. The van der Waals surface area contributed by atoms with Crippen LogP contribution in [0.2, 0.25) is 0 Å². The molecule has 3 aromatic carbocycles. The van der Waals surface area contributed by atoms with E-state index < -0.39 is 0 Å². The number of anilines is 2. The first-order valence-electron chi connectivity index (χ1n) is 8.71. The van der Waals surface area contributed by atoms with Crippen LogP contribution in [-0.4, -0.2) is 11.0 Å². The second kappa shape index (κ2) is 8.96. The Morgan fingerprint density at radius 2 is 1.30 bits per heavy atom. The van der Waals surface area contributed by atoms with Gasteiger partial charge in [0.05, 0.1) is 6.04 Å². The van der Waals surface area contributed by atoms with Crippen LogP contribution in [0.5, 0.6) is 0 Å². The lowest BCUT2D eigenvalue weighted by atomic mass is 10.1. The summed E-state index contributed by atoms with van der Waals surface area (Å²) in [4.78, 5) is 12.4. The number of thiocarbonyl (C=S) groups is 1. The minimum Gasteiger partial charge on any atom is -0.346 e. The van der Waals surface area contributed by atoms with Crippen LogP contribution in [0.1, 0.15) is 28.9 Å². The number of rotatable bonds is 5. The van der Waals surface area contributed by atoms with Crippen LogP contribution in [-0.2, 0) is 0 Å². The normalized spacial score (nSPS) is 11.3. The van der Waals surface area contributed by atoms with Gasteiger partial charge in [-0.05, 0) is 61.1 Å². The van der Waals surface area contributed by atoms with Crippen molar-refractivity contribution in [1.29, 1.82) is 0 Å². The third-order valence-electron chi connectivity index (χ3n) is 4.08. The maximum absolute atomic E-state index is 12.4. The molecule has 0 aliphatic heterocycles. The molecule has 1 amide bonds. The second-order valence-corrected chi connectivity index (χ2v) is 6.54. The summed E-state index contributed by atoms with van der Waals surface area (Å²) in [5.74, 6) is -0.108. The van der Waals surface area contributed by atoms with E-state index in [1.54, 1.807) is 12.1 Å². The summed E-state index contributed by atoms with van der Waals surface area (Å²) in [6, 6.07) is 26.8. The summed E-state index contributed by atoms with van der Waals surface area (Å²) < 4.78 is 0. The molecule has 0 aliphatic rings. The number of hydrogen-bond acceptors (Lipinski definition) is 2. The Labute approximate surface area is 164 Å². The highest BCUT2D eigenvalue weighted by molar-refractivity contribution is 7.80. The van der Waals surface area contributed by atoms with Gasteiger partial charge in [0.1, 0.15) is 0 Å². The van der Waals surface area contributed by atoms with Crippen LogP contribution in [0.3, 0.4) is 0 Å². The minimum absolute atomic E-state index is 0.0563. The van der Waals surface area contributed by atoms with Gasteiger partial charge in [-0.1, -0.05) is 48.5 Å². The molecule has 27 heavy (non-hydrogen) atoms. The van der Waals surface area contributed by atoms with E-state index in [4.69, 9.17) is 12.2 Å². The van der Waals surface area contributed by atoms with Crippen LogP contribution in [0, 0.1) is 0 Å². The van der Waals surface area contributed by atoms with E-state index in [9.17, 15) is 4.79 Å². The van der Waals surface area contributed by atoms with Gasteiger partial charge in [0.15, 0.2) is 5.11 Å². The number of carbonyl (C=O) groups excluding carboxylic acids is 1. The van der Waals surface area contributed by atoms with Gasteiger partial charge in [0.25, 0.3) is 5.91 Å². The smallest absolute Gasteiger partial charge is 0.251 e. The fraction of sp³-hybridized carbons (Fsp3) is 0.0909. The van der Waals surface area contributed by atoms with E-state index in [0.29, 0.717) is 10.7 Å². The first kappa shape index (κ1) is 18.6. The van der Waals surface area contributed by atoms with Crippen molar-refractivity contribution in [3.63, 3.8) is 0 Å². The third-order valence-corrected chi connectivity index (χ3v) is 4.29. The van der Waals surface area contributed by atoms with E-state index in [2.05, 4.69) is 16.0 Å². The zero-order valence-corrected chi connectivity index (χ0v) is 15.8. The lowest BCUT2D eigenvalue weighted by molar-refractivity contribution is 0.0940. The molecule has 136 valence electrons. The molecule has 1 atom stereocenters. The average Bonchev–Trinajstić information content (AvgIpc) is 2.70. The molecule has 0 aromatic heterocycles. The predicted octanol–water partition coefficient (Wildman–Crippen LogP) is 4.99. The SMILES string of the molecule is CC(NC(=O)c1ccc(NC(=S)Nc2ccccc2)cc1)c1ccccc1. The summed E-state index contributed by atoms with van der Waals surface area (Å²) >= 11 is 5.31. The Morgan fingerprint density at radius 1 is 0.778 bits per heavy atom. The van der Waals surface area contributed by atoms with E-state index in [0.717, 1.165) is 16.9 Å². The maximum atomic E-state index is 12.4. The van der Waals surface area contributed by atoms with Crippen molar-refractivity contribution in [3.8, 4) is 0 Å². The highest BCUT2D eigenvalue weighted by Gasteiger charge is 2.11. The molecule has 0 bridgehead atoms. The summed E-state index contributed by atoms with van der Waals surface area (Å²) in [6.45, 7) is 1.97. The molecule has 3 aromatic rings. The molecule has 4 nitrogen and oxygen atoms in total. The zero-order chi connectivity index (χ0) is 19.1. The lowest BCUT2D eigenvalue weighted by Crippen LogP contribution is -2.26. The van der Waals surface area contributed by atoms with Crippen LogP contribution < -0.4 is 16.0 Å². The first-order chi connectivity index (χ1) is 13.1. The van der Waals surface area contributed by atoms with E-state index in [-0.39, 0.29) is 11.9 Å². The van der Waals surface area contributed by atoms with Crippen molar-refractivity contribution in [3.05, 3.63) is 96.1 Å². The molecule has 0 fully saturated rings. The fourth-order valence-corrected chi connectivity index (χ4v) is 2.86. The second-order valence-electron chi connectivity index (χ2n) is 6.13. The number of nitrogens with one attached hydrogen (secondary N) is 3. The summed E-state index contributed by atoms with van der Waals surface area (Å²) in [5, 5.41) is 9.73. The van der Waals surface area contributed by atoms with Crippen molar-refractivity contribution < 1.29 is 4.79 Å². The lowest BCUT2D eigenvalue weighted by Gasteiger charge is -2.15.